The summed E-state index contributed by atoms with van der Waals surface area (Å²) in [4.78, 5) is 11.8. The maximum Gasteiger partial charge on any atom is 0.160 e. The highest BCUT2D eigenvalue weighted by Crippen LogP contribution is 2.19. The predicted octanol–water partition coefficient (Wildman–Crippen LogP) is 2.25. The Bertz CT molecular complexity index is 281. The molecule has 1 aromatic rings. The molecule has 0 fully saturated rings. The minimum atomic E-state index is -0.144. The normalized spacial score (nSPS) is 15.3. The van der Waals surface area contributed by atoms with Crippen molar-refractivity contribution in [1.29, 1.82) is 0 Å². The van der Waals surface area contributed by atoms with Gasteiger partial charge in [0.05, 0.1) is 0 Å². The summed E-state index contributed by atoms with van der Waals surface area (Å²) < 4.78 is 5.66. The van der Waals surface area contributed by atoms with Gasteiger partial charge in [0.2, 0.25) is 0 Å². The van der Waals surface area contributed by atoms with Crippen LogP contribution in [-0.2, 0) is 4.74 Å². The Balaban J connectivity index is 2.45. The van der Waals surface area contributed by atoms with E-state index in [-0.39, 0.29) is 11.5 Å². The lowest BCUT2D eigenvalue weighted by atomic mass is 10.1. The Hall–Kier alpha value is -0.680. The molecular weight excluding hydrogens is 210 g/mol. The van der Waals surface area contributed by atoms with Crippen molar-refractivity contribution in [3.8, 4) is 0 Å². The first-order valence-electron chi connectivity index (χ1n) is 5.05. The molecule has 0 aliphatic heterocycles. The van der Waals surface area contributed by atoms with Gasteiger partial charge in [-0.05, 0) is 19.3 Å². The molecule has 1 aromatic heterocycles. The smallest absolute Gasteiger partial charge is 0.160 e. The summed E-state index contributed by atoms with van der Waals surface area (Å²) in [6.07, 6.45) is 3.71. The van der Waals surface area contributed by atoms with Crippen molar-refractivity contribution in [1.82, 2.24) is 15.0 Å². The second-order valence-corrected chi connectivity index (χ2v) is 4.43. The Labute approximate surface area is 95.9 Å². The van der Waals surface area contributed by atoms with E-state index in [9.17, 15) is 0 Å². The summed E-state index contributed by atoms with van der Waals surface area (Å²) in [5, 5.41) is 0. The molecule has 1 heterocycles. The van der Waals surface area contributed by atoms with Crippen molar-refractivity contribution in [3.63, 3.8) is 0 Å². The Morgan fingerprint density at radius 2 is 1.87 bits per heavy atom. The fraction of sp³-hybridized carbons (Fsp3) is 0.700. The molecule has 2 unspecified atom stereocenters. The summed E-state index contributed by atoms with van der Waals surface area (Å²) in [6.45, 7) is 6.19. The van der Waals surface area contributed by atoms with Crippen LogP contribution in [0.5, 0.6) is 0 Å². The molecule has 0 aliphatic carbocycles. The van der Waals surface area contributed by atoms with Gasteiger partial charge in [0.1, 0.15) is 24.2 Å². The summed E-state index contributed by atoms with van der Waals surface area (Å²) in [6, 6.07) is 0. The molecule has 0 N–H and O–H groups in total. The average molecular weight is 227 g/mol. The number of hydrogen-bond donors (Lipinski definition) is 1. The minimum Gasteiger partial charge on any atom is -0.357 e. The third kappa shape index (κ3) is 4.57. The van der Waals surface area contributed by atoms with E-state index in [2.05, 4.69) is 41.4 Å². The number of aromatic nitrogens is 3. The highest BCUT2D eigenvalue weighted by atomic mass is 32.1. The van der Waals surface area contributed by atoms with E-state index >= 15 is 0 Å². The Kier molecular flexibility index (Phi) is 4.98. The van der Waals surface area contributed by atoms with Gasteiger partial charge in [0.25, 0.3) is 0 Å². The van der Waals surface area contributed by atoms with E-state index in [1.807, 2.05) is 6.92 Å². The van der Waals surface area contributed by atoms with E-state index in [1.54, 1.807) is 0 Å². The van der Waals surface area contributed by atoms with Crippen molar-refractivity contribution in [3.05, 3.63) is 18.5 Å². The summed E-state index contributed by atoms with van der Waals surface area (Å²) >= 11 is 4.37. The van der Waals surface area contributed by atoms with E-state index in [4.69, 9.17) is 4.74 Å². The number of hydrogen-bond acceptors (Lipinski definition) is 5. The van der Waals surface area contributed by atoms with E-state index in [0.717, 1.165) is 6.42 Å². The number of thiol groups is 1. The maximum atomic E-state index is 5.66. The fourth-order valence-corrected chi connectivity index (χ4v) is 1.82. The molecule has 0 amide bonds. The number of ether oxygens (including phenoxy) is 1. The first-order chi connectivity index (χ1) is 7.09. The van der Waals surface area contributed by atoms with Gasteiger partial charge in [-0.25, -0.2) is 15.0 Å². The topological polar surface area (TPSA) is 47.9 Å². The molecule has 1 rings (SSSR count). The van der Waals surface area contributed by atoms with Gasteiger partial charge in [-0.3, -0.25) is 0 Å². The van der Waals surface area contributed by atoms with Gasteiger partial charge in [-0.15, -0.1) is 12.6 Å². The predicted molar refractivity (Wildman–Crippen MR) is 61.6 cm³/mol. The minimum absolute atomic E-state index is 0.0724. The molecule has 2 atom stereocenters. The largest absolute Gasteiger partial charge is 0.357 e. The van der Waals surface area contributed by atoms with E-state index < -0.39 is 0 Å². The van der Waals surface area contributed by atoms with Crippen LogP contribution in [-0.4, -0.2) is 20.4 Å². The quantitative estimate of drug-likeness (QED) is 0.619. The number of nitrogens with zero attached hydrogens (tertiary/aromatic N) is 3. The second kappa shape index (κ2) is 6.02. The van der Waals surface area contributed by atoms with Crippen LogP contribution >= 0.6 is 12.6 Å². The summed E-state index contributed by atoms with van der Waals surface area (Å²) in [5.41, 5.74) is -0.0724. The molecule has 0 aromatic carbocycles. The van der Waals surface area contributed by atoms with Crippen molar-refractivity contribution in [2.75, 3.05) is 0 Å². The Morgan fingerprint density at radius 3 is 2.40 bits per heavy atom. The molecule has 84 valence electrons. The van der Waals surface area contributed by atoms with Gasteiger partial charge >= 0.3 is 0 Å². The molecule has 5 heteroatoms. The van der Waals surface area contributed by atoms with Crippen molar-refractivity contribution < 1.29 is 4.74 Å². The average Bonchev–Trinajstić information content (AvgIpc) is 2.17. The van der Waals surface area contributed by atoms with E-state index in [0.29, 0.717) is 11.7 Å². The third-order valence-electron chi connectivity index (χ3n) is 1.91. The van der Waals surface area contributed by atoms with Gasteiger partial charge in [-0.1, -0.05) is 13.8 Å². The molecule has 0 spiro atoms. The second-order valence-electron chi connectivity index (χ2n) is 3.86. The molecule has 0 bridgehead atoms. The number of rotatable bonds is 5. The van der Waals surface area contributed by atoms with Crippen LogP contribution in [0.25, 0.3) is 0 Å². The van der Waals surface area contributed by atoms with Crippen LogP contribution in [0.15, 0.2) is 12.7 Å². The molecular formula is C10H17N3OS. The zero-order chi connectivity index (χ0) is 11.3. The van der Waals surface area contributed by atoms with Crippen LogP contribution in [0.2, 0.25) is 0 Å². The van der Waals surface area contributed by atoms with Crippen LogP contribution < -0.4 is 0 Å². The zero-order valence-corrected chi connectivity index (χ0v) is 10.2. The highest BCUT2D eigenvalue weighted by Gasteiger charge is 2.14. The lowest BCUT2D eigenvalue weighted by Crippen LogP contribution is -2.13. The van der Waals surface area contributed by atoms with Crippen LogP contribution in [0, 0.1) is 5.92 Å². The Morgan fingerprint density at radius 1 is 1.27 bits per heavy atom. The molecule has 0 saturated heterocycles. The molecule has 4 nitrogen and oxygen atoms in total. The van der Waals surface area contributed by atoms with Gasteiger partial charge in [0, 0.05) is 0 Å². The van der Waals surface area contributed by atoms with Gasteiger partial charge in [0.15, 0.2) is 5.82 Å². The van der Waals surface area contributed by atoms with Crippen molar-refractivity contribution in [2.24, 2.45) is 5.92 Å². The van der Waals surface area contributed by atoms with Crippen LogP contribution in [0.3, 0.4) is 0 Å². The van der Waals surface area contributed by atoms with Gasteiger partial charge < -0.3 is 4.74 Å². The molecule has 0 radical (unpaired) electrons. The first-order valence-corrected chi connectivity index (χ1v) is 5.56. The summed E-state index contributed by atoms with van der Waals surface area (Å²) in [5.74, 6) is 1.21. The van der Waals surface area contributed by atoms with Gasteiger partial charge in [-0.2, -0.15) is 0 Å². The monoisotopic (exact) mass is 227 g/mol. The SMILES string of the molecule is CC(C)CC(S)OC(C)c1ncncn1. The lowest BCUT2D eigenvalue weighted by molar-refractivity contribution is 0.0324. The zero-order valence-electron chi connectivity index (χ0n) is 9.29. The van der Waals surface area contributed by atoms with Crippen LogP contribution in [0.4, 0.5) is 0 Å². The third-order valence-corrected chi connectivity index (χ3v) is 2.24. The first kappa shape index (κ1) is 12.4. The standard InChI is InChI=1S/C10H17N3OS/c1-7(2)4-9(15)14-8(3)10-12-5-11-6-13-10/h5-9,15H,4H2,1-3H3. The van der Waals surface area contributed by atoms with Crippen molar-refractivity contribution >= 4 is 12.6 Å². The molecule has 0 saturated carbocycles. The van der Waals surface area contributed by atoms with E-state index in [1.165, 1.54) is 12.7 Å². The maximum absolute atomic E-state index is 5.66. The lowest BCUT2D eigenvalue weighted by Gasteiger charge is -2.18. The van der Waals surface area contributed by atoms with Crippen LogP contribution in [0.1, 0.15) is 39.1 Å². The highest BCUT2D eigenvalue weighted by molar-refractivity contribution is 7.80. The molecule has 0 aliphatic rings. The fourth-order valence-electron chi connectivity index (χ4n) is 1.21. The molecule has 15 heavy (non-hydrogen) atoms. The van der Waals surface area contributed by atoms with Crippen molar-refractivity contribution in [2.45, 2.75) is 38.7 Å². The summed E-state index contributed by atoms with van der Waals surface area (Å²) in [7, 11) is 0.